The lowest BCUT2D eigenvalue weighted by molar-refractivity contribution is -0.144. The van der Waals surface area contributed by atoms with Crippen LogP contribution in [-0.4, -0.2) is 17.2 Å². The largest absolute Gasteiger partial charge is 0.479 e. The van der Waals surface area contributed by atoms with Gasteiger partial charge in [0.2, 0.25) is 0 Å². The number of aliphatic carboxylic acids is 1. The van der Waals surface area contributed by atoms with Crippen molar-refractivity contribution in [3.05, 3.63) is 25.1 Å². The van der Waals surface area contributed by atoms with Gasteiger partial charge in [0, 0.05) is 0 Å². The van der Waals surface area contributed by atoms with E-state index < -0.39 is 12.1 Å². The number of carboxylic acids is 1. The summed E-state index contributed by atoms with van der Waals surface area (Å²) in [6.07, 6.45) is -1.15. The third-order valence-corrected chi connectivity index (χ3v) is 4.05. The van der Waals surface area contributed by atoms with Crippen LogP contribution in [0.1, 0.15) is 6.92 Å². The zero-order valence-electron chi connectivity index (χ0n) is 8.23. The van der Waals surface area contributed by atoms with Gasteiger partial charge in [0.1, 0.15) is 10.0 Å². The van der Waals surface area contributed by atoms with Crippen molar-refractivity contribution in [2.45, 2.75) is 13.0 Å². The van der Waals surface area contributed by atoms with Crippen molar-refractivity contribution in [2.24, 2.45) is 0 Å². The van der Waals surface area contributed by atoms with E-state index >= 15 is 0 Å². The second-order valence-electron chi connectivity index (χ2n) is 3.00. The van der Waals surface area contributed by atoms with Crippen molar-refractivity contribution >= 4 is 64.0 Å². The maximum absolute atomic E-state index is 10.7. The number of halogens is 5. The molecule has 0 amide bonds. The van der Waals surface area contributed by atoms with Crippen LogP contribution in [0, 0.1) is 0 Å². The second-order valence-corrected chi connectivity index (χ2v) is 4.89. The van der Waals surface area contributed by atoms with Gasteiger partial charge in [0.25, 0.3) is 0 Å². The highest BCUT2D eigenvalue weighted by Gasteiger charge is 2.23. The predicted molar refractivity (Wildman–Crippen MR) is 69.2 cm³/mol. The van der Waals surface area contributed by atoms with E-state index in [4.69, 9.17) is 67.8 Å². The number of hydrogen-bond acceptors (Lipinski definition) is 2. The van der Waals surface area contributed by atoms with Gasteiger partial charge in [-0.15, -0.1) is 0 Å². The molecule has 1 rings (SSSR count). The van der Waals surface area contributed by atoms with Crippen LogP contribution >= 0.6 is 58.0 Å². The summed E-state index contributed by atoms with van der Waals surface area (Å²) in [4.78, 5) is 10.7. The van der Waals surface area contributed by atoms with E-state index in [1.54, 1.807) is 0 Å². The average molecular weight is 338 g/mol. The second kappa shape index (κ2) is 5.72. The molecule has 17 heavy (non-hydrogen) atoms. The molecule has 0 heterocycles. The minimum atomic E-state index is -1.18. The molecule has 0 fully saturated rings. The van der Waals surface area contributed by atoms with Crippen LogP contribution in [0.15, 0.2) is 0 Å². The maximum Gasteiger partial charge on any atom is 0.344 e. The molecule has 0 aliphatic rings. The summed E-state index contributed by atoms with van der Waals surface area (Å²) in [6, 6.07) is 0. The van der Waals surface area contributed by atoms with Gasteiger partial charge in [-0.1, -0.05) is 58.0 Å². The summed E-state index contributed by atoms with van der Waals surface area (Å²) < 4.78 is 5.06. The first-order valence-electron chi connectivity index (χ1n) is 4.18. The minimum Gasteiger partial charge on any atom is -0.479 e. The first-order valence-corrected chi connectivity index (χ1v) is 6.07. The molecule has 1 aromatic carbocycles. The average Bonchev–Trinajstić information content (AvgIpc) is 2.29. The maximum atomic E-state index is 10.7. The number of benzene rings is 1. The van der Waals surface area contributed by atoms with Gasteiger partial charge >= 0.3 is 5.97 Å². The van der Waals surface area contributed by atoms with E-state index in [0.717, 1.165) is 0 Å². The normalized spacial score (nSPS) is 12.4. The van der Waals surface area contributed by atoms with Crippen LogP contribution in [0.4, 0.5) is 0 Å². The fourth-order valence-electron chi connectivity index (χ4n) is 0.915. The topological polar surface area (TPSA) is 46.5 Å². The first kappa shape index (κ1) is 15.0. The zero-order chi connectivity index (χ0) is 13.3. The van der Waals surface area contributed by atoms with Crippen molar-refractivity contribution < 1.29 is 14.6 Å². The Morgan fingerprint density at radius 2 is 1.35 bits per heavy atom. The van der Waals surface area contributed by atoms with Gasteiger partial charge in [-0.05, 0) is 6.92 Å². The van der Waals surface area contributed by atoms with E-state index in [0.29, 0.717) is 0 Å². The van der Waals surface area contributed by atoms with E-state index in [1.165, 1.54) is 6.92 Å². The number of rotatable bonds is 3. The molecule has 0 bridgehead atoms. The Morgan fingerprint density at radius 3 is 1.71 bits per heavy atom. The lowest BCUT2D eigenvalue weighted by Gasteiger charge is -2.16. The van der Waals surface area contributed by atoms with Gasteiger partial charge in [0.05, 0.1) is 15.1 Å². The van der Waals surface area contributed by atoms with Crippen molar-refractivity contribution in [3.8, 4) is 5.75 Å². The molecule has 1 N–H and O–H groups in total. The van der Waals surface area contributed by atoms with Crippen LogP contribution in [0.3, 0.4) is 0 Å². The predicted octanol–water partition coefficient (Wildman–Crippen LogP) is 4.81. The highest BCUT2D eigenvalue weighted by molar-refractivity contribution is 6.55. The van der Waals surface area contributed by atoms with Crippen molar-refractivity contribution in [1.29, 1.82) is 0 Å². The van der Waals surface area contributed by atoms with Crippen molar-refractivity contribution in [3.63, 3.8) is 0 Å². The molecule has 0 saturated carbocycles. The molecule has 1 unspecified atom stereocenters. The van der Waals surface area contributed by atoms with Crippen LogP contribution in [0.5, 0.6) is 5.75 Å². The van der Waals surface area contributed by atoms with Crippen LogP contribution in [-0.2, 0) is 4.79 Å². The number of ether oxygens (including phenoxy) is 1. The smallest absolute Gasteiger partial charge is 0.344 e. The highest BCUT2D eigenvalue weighted by Crippen LogP contribution is 2.48. The molecule has 0 aliphatic heterocycles. The molecular weight excluding hydrogens is 333 g/mol. The third kappa shape index (κ3) is 3.04. The molecule has 0 saturated heterocycles. The Kier molecular flexibility index (Phi) is 5.05. The summed E-state index contributed by atoms with van der Waals surface area (Å²) in [5.74, 6) is -1.29. The molecule has 1 atom stereocenters. The van der Waals surface area contributed by atoms with Crippen LogP contribution in [0.25, 0.3) is 0 Å². The standard InChI is InChI=1S/C9H5Cl5O3/c1-2(9(15)16)17-8-6(13)4(11)3(10)5(12)7(8)14/h2H,1H3,(H,15,16). The number of hydrogen-bond donors (Lipinski definition) is 1. The van der Waals surface area contributed by atoms with E-state index in [9.17, 15) is 4.79 Å². The fourth-order valence-corrected chi connectivity index (χ4v) is 2.13. The molecule has 0 spiro atoms. The van der Waals surface area contributed by atoms with Gasteiger partial charge < -0.3 is 9.84 Å². The minimum absolute atomic E-state index is 0.0151. The molecule has 3 nitrogen and oxygen atoms in total. The Hall–Kier alpha value is -0.0600. The van der Waals surface area contributed by atoms with Gasteiger partial charge in [-0.25, -0.2) is 4.79 Å². The zero-order valence-corrected chi connectivity index (χ0v) is 12.0. The Labute approximate surface area is 122 Å². The Bertz CT molecular complexity index is 445. The number of carbonyl (C=O) groups is 1. The van der Waals surface area contributed by atoms with E-state index in [2.05, 4.69) is 0 Å². The highest BCUT2D eigenvalue weighted by atomic mass is 35.5. The summed E-state index contributed by atoms with van der Waals surface area (Å²) in [6.45, 7) is 1.31. The summed E-state index contributed by atoms with van der Waals surface area (Å²) in [5.41, 5.74) is 0. The molecule has 0 aromatic heterocycles. The third-order valence-electron chi connectivity index (χ3n) is 1.81. The Balaban J connectivity index is 3.30. The monoisotopic (exact) mass is 336 g/mol. The molecule has 0 aliphatic carbocycles. The lowest BCUT2D eigenvalue weighted by Crippen LogP contribution is -2.23. The van der Waals surface area contributed by atoms with Crippen LogP contribution < -0.4 is 4.74 Å². The van der Waals surface area contributed by atoms with Gasteiger partial charge in [0.15, 0.2) is 11.9 Å². The van der Waals surface area contributed by atoms with E-state index in [-0.39, 0.29) is 30.9 Å². The summed E-state index contributed by atoms with van der Waals surface area (Å²) in [7, 11) is 0. The summed E-state index contributed by atoms with van der Waals surface area (Å²) in [5, 5.41) is 8.44. The fraction of sp³-hybridized carbons (Fsp3) is 0.222. The molecule has 94 valence electrons. The van der Waals surface area contributed by atoms with Crippen molar-refractivity contribution in [1.82, 2.24) is 0 Å². The summed E-state index contributed by atoms with van der Waals surface area (Å²) >= 11 is 29.0. The Morgan fingerprint density at radius 1 is 1.00 bits per heavy atom. The molecule has 0 radical (unpaired) electrons. The quantitative estimate of drug-likeness (QED) is 0.636. The SMILES string of the molecule is CC(Oc1c(Cl)c(Cl)c(Cl)c(Cl)c1Cl)C(=O)O. The van der Waals surface area contributed by atoms with Crippen LogP contribution in [0.2, 0.25) is 25.1 Å². The molecule has 8 heteroatoms. The first-order chi connectivity index (χ1) is 7.77. The van der Waals surface area contributed by atoms with Gasteiger partial charge in [-0.3, -0.25) is 0 Å². The molecule has 1 aromatic rings. The molecular formula is C9H5Cl5O3. The lowest BCUT2D eigenvalue weighted by atomic mass is 10.3. The van der Waals surface area contributed by atoms with E-state index in [1.807, 2.05) is 0 Å². The van der Waals surface area contributed by atoms with Gasteiger partial charge in [-0.2, -0.15) is 0 Å². The van der Waals surface area contributed by atoms with Crippen molar-refractivity contribution in [2.75, 3.05) is 0 Å². The number of carboxylic acid groups (broad SMARTS) is 1.